The van der Waals surface area contributed by atoms with Crippen LogP contribution in [0.2, 0.25) is 0 Å². The number of aromatic hydroxyl groups is 1. The number of hydrogen-bond acceptors (Lipinski definition) is 3. The van der Waals surface area contributed by atoms with E-state index in [1.165, 1.54) is 5.57 Å². The van der Waals surface area contributed by atoms with Crippen molar-refractivity contribution in [2.24, 2.45) is 0 Å². The molecule has 1 aliphatic rings. The number of phenols is 1. The Morgan fingerprint density at radius 1 is 0.892 bits per heavy atom. The highest BCUT2D eigenvalue weighted by molar-refractivity contribution is 7.99. The van der Waals surface area contributed by atoms with Crippen molar-refractivity contribution < 1.29 is 18.6 Å². The Hall–Kier alpha value is -2.79. The first kappa shape index (κ1) is 28.8. The van der Waals surface area contributed by atoms with Crippen LogP contribution in [0.25, 0.3) is 11.1 Å². The van der Waals surface area contributed by atoms with Crippen LogP contribution in [0.4, 0.5) is 8.78 Å². The Labute approximate surface area is 224 Å². The van der Waals surface area contributed by atoms with Gasteiger partial charge in [0.1, 0.15) is 18.2 Å². The van der Waals surface area contributed by atoms with Gasteiger partial charge in [-0.25, -0.2) is 4.39 Å². The van der Waals surface area contributed by atoms with Crippen molar-refractivity contribution in [3.8, 4) is 11.5 Å². The van der Waals surface area contributed by atoms with Gasteiger partial charge in [0.15, 0.2) is 0 Å². The molecule has 0 fully saturated rings. The molecule has 0 aliphatic carbocycles. The summed E-state index contributed by atoms with van der Waals surface area (Å²) >= 11 is 1.72. The van der Waals surface area contributed by atoms with Gasteiger partial charge < -0.3 is 9.84 Å². The largest absolute Gasteiger partial charge is 0.508 e. The van der Waals surface area contributed by atoms with Crippen molar-refractivity contribution in [2.45, 2.75) is 70.5 Å². The summed E-state index contributed by atoms with van der Waals surface area (Å²) in [5.74, 6) is 1.95. The minimum Gasteiger partial charge on any atom is -0.508 e. The van der Waals surface area contributed by atoms with Gasteiger partial charge in [-0.15, -0.1) is 11.8 Å². The van der Waals surface area contributed by atoms with E-state index in [-0.39, 0.29) is 18.5 Å². The molecule has 0 spiro atoms. The Morgan fingerprint density at radius 3 is 2.16 bits per heavy atom. The molecule has 1 unspecified atom stereocenters. The molecule has 0 radical (unpaired) electrons. The standard InChI is InChI=1S/C28H29FO2S.C4H9F/c1-3-5-23(4-2)31-24-13-10-21(11-14-24)28-25-15-12-22(30)16-27(25)32-18-26(28)20-8-6-19(17-29)7-9-20;1-2-3-4-5/h6-16,23,30H,3-5,17-18H2,1-2H3;2-4H2,1H3. The summed E-state index contributed by atoms with van der Waals surface area (Å²) in [6.45, 7) is 5.70. The lowest BCUT2D eigenvalue weighted by molar-refractivity contribution is 0.186. The molecule has 3 aromatic carbocycles. The highest BCUT2D eigenvalue weighted by atomic mass is 32.2. The van der Waals surface area contributed by atoms with Crippen molar-refractivity contribution >= 4 is 22.9 Å². The van der Waals surface area contributed by atoms with Crippen molar-refractivity contribution in [1.82, 2.24) is 0 Å². The molecule has 0 bridgehead atoms. The molecule has 0 saturated heterocycles. The molecule has 1 heterocycles. The molecule has 198 valence electrons. The lowest BCUT2D eigenvalue weighted by Gasteiger charge is -2.25. The number of halogens is 2. The number of fused-ring (bicyclic) bond motifs is 1. The molecule has 1 atom stereocenters. The van der Waals surface area contributed by atoms with E-state index in [2.05, 4.69) is 26.0 Å². The second kappa shape index (κ2) is 14.8. The number of hydrogen-bond donors (Lipinski definition) is 1. The van der Waals surface area contributed by atoms with E-state index >= 15 is 0 Å². The average Bonchev–Trinajstić information content (AvgIpc) is 2.93. The Balaban J connectivity index is 0.000000695. The zero-order valence-electron chi connectivity index (χ0n) is 22.1. The zero-order valence-corrected chi connectivity index (χ0v) is 22.9. The molecule has 0 amide bonds. The fourth-order valence-electron chi connectivity index (χ4n) is 4.27. The monoisotopic (exact) mass is 524 g/mol. The summed E-state index contributed by atoms with van der Waals surface area (Å²) in [7, 11) is 0. The number of rotatable bonds is 10. The summed E-state index contributed by atoms with van der Waals surface area (Å²) in [6, 6.07) is 21.6. The summed E-state index contributed by atoms with van der Waals surface area (Å²) in [5, 5.41) is 9.99. The van der Waals surface area contributed by atoms with Gasteiger partial charge in [0.25, 0.3) is 0 Å². The summed E-state index contributed by atoms with van der Waals surface area (Å²) < 4.78 is 30.2. The highest BCUT2D eigenvalue weighted by Gasteiger charge is 2.22. The number of benzene rings is 3. The van der Waals surface area contributed by atoms with Crippen LogP contribution in [0.5, 0.6) is 11.5 Å². The third-order valence-corrected chi connectivity index (χ3v) is 7.45. The predicted molar refractivity (Wildman–Crippen MR) is 153 cm³/mol. The number of unbranched alkanes of at least 4 members (excludes halogenated alkanes) is 1. The second-order valence-electron chi connectivity index (χ2n) is 9.16. The van der Waals surface area contributed by atoms with E-state index in [1.807, 2.05) is 55.5 Å². The molecule has 3 aromatic rings. The highest BCUT2D eigenvalue weighted by Crippen LogP contribution is 2.45. The Bertz CT molecular complexity index is 1140. The van der Waals surface area contributed by atoms with Gasteiger partial charge in [0.05, 0.1) is 12.8 Å². The van der Waals surface area contributed by atoms with Gasteiger partial charge in [-0.1, -0.05) is 70.0 Å². The van der Waals surface area contributed by atoms with Gasteiger partial charge in [-0.05, 0) is 83.0 Å². The zero-order chi connectivity index (χ0) is 26.6. The second-order valence-corrected chi connectivity index (χ2v) is 10.2. The summed E-state index contributed by atoms with van der Waals surface area (Å²) in [4.78, 5) is 1.07. The van der Waals surface area contributed by atoms with E-state index in [4.69, 9.17) is 4.74 Å². The van der Waals surface area contributed by atoms with E-state index in [0.29, 0.717) is 5.56 Å². The van der Waals surface area contributed by atoms with Crippen LogP contribution in [-0.4, -0.2) is 23.6 Å². The van der Waals surface area contributed by atoms with Crippen LogP contribution in [-0.2, 0) is 6.67 Å². The van der Waals surface area contributed by atoms with Gasteiger partial charge in [0, 0.05) is 10.6 Å². The number of thioether (sulfide) groups is 1. The number of alkyl halides is 2. The van der Waals surface area contributed by atoms with Crippen molar-refractivity contribution in [2.75, 3.05) is 12.4 Å². The van der Waals surface area contributed by atoms with Crippen LogP contribution < -0.4 is 4.74 Å². The van der Waals surface area contributed by atoms with E-state index in [9.17, 15) is 13.9 Å². The lowest BCUT2D eigenvalue weighted by Crippen LogP contribution is -2.14. The quantitative estimate of drug-likeness (QED) is 0.286. The topological polar surface area (TPSA) is 29.5 Å². The van der Waals surface area contributed by atoms with Gasteiger partial charge >= 0.3 is 0 Å². The maximum atomic E-state index is 13.0. The first-order valence-electron chi connectivity index (χ1n) is 13.2. The molecule has 1 aliphatic heterocycles. The minimum atomic E-state index is -0.457. The predicted octanol–water partition coefficient (Wildman–Crippen LogP) is 9.64. The summed E-state index contributed by atoms with van der Waals surface area (Å²) in [6.07, 6.45) is 5.08. The fraction of sp³-hybridized carbons (Fsp3) is 0.375. The van der Waals surface area contributed by atoms with E-state index in [0.717, 1.165) is 70.8 Å². The van der Waals surface area contributed by atoms with E-state index in [1.54, 1.807) is 17.8 Å². The van der Waals surface area contributed by atoms with Crippen LogP contribution in [0.1, 0.15) is 75.1 Å². The molecule has 5 heteroatoms. The molecule has 4 rings (SSSR count). The van der Waals surface area contributed by atoms with Crippen LogP contribution in [0.15, 0.2) is 71.6 Å². The van der Waals surface area contributed by atoms with Crippen LogP contribution in [0.3, 0.4) is 0 Å². The van der Waals surface area contributed by atoms with Crippen LogP contribution in [0, 0.1) is 0 Å². The Morgan fingerprint density at radius 2 is 1.59 bits per heavy atom. The van der Waals surface area contributed by atoms with Crippen molar-refractivity contribution in [3.63, 3.8) is 0 Å². The van der Waals surface area contributed by atoms with Crippen molar-refractivity contribution in [3.05, 3.63) is 89.0 Å². The molecular formula is C32H38F2O2S. The first-order chi connectivity index (χ1) is 18.0. The maximum absolute atomic E-state index is 13.0. The smallest absolute Gasteiger partial charge is 0.119 e. The molecule has 0 aromatic heterocycles. The molecule has 37 heavy (non-hydrogen) atoms. The minimum absolute atomic E-state index is 0.156. The first-order valence-corrected chi connectivity index (χ1v) is 14.2. The lowest BCUT2D eigenvalue weighted by atomic mass is 9.89. The summed E-state index contributed by atoms with van der Waals surface area (Å²) in [5.41, 5.74) is 6.36. The number of ether oxygens (including phenoxy) is 1. The fourth-order valence-corrected chi connectivity index (χ4v) is 5.41. The van der Waals surface area contributed by atoms with Gasteiger partial charge in [-0.2, -0.15) is 0 Å². The third-order valence-electron chi connectivity index (χ3n) is 6.36. The third kappa shape index (κ3) is 7.85. The van der Waals surface area contributed by atoms with Crippen molar-refractivity contribution in [1.29, 1.82) is 0 Å². The van der Waals surface area contributed by atoms with Gasteiger partial charge in [-0.3, -0.25) is 4.39 Å². The average molecular weight is 525 g/mol. The van der Waals surface area contributed by atoms with Gasteiger partial charge in [0.2, 0.25) is 0 Å². The molecule has 1 N–H and O–H groups in total. The Kier molecular flexibility index (Phi) is 11.5. The maximum Gasteiger partial charge on any atom is 0.119 e. The normalized spacial score (nSPS) is 13.4. The molecular weight excluding hydrogens is 486 g/mol. The molecule has 2 nitrogen and oxygen atoms in total. The SMILES string of the molecule is CCCC(CC)Oc1ccc(C2=C(c3ccc(CF)cc3)CSc3cc(O)ccc32)cc1.CCCCF. The van der Waals surface area contributed by atoms with Crippen LogP contribution >= 0.6 is 11.8 Å². The molecule has 0 saturated carbocycles. The van der Waals surface area contributed by atoms with E-state index < -0.39 is 6.67 Å². The number of phenolic OH excluding ortho intramolecular Hbond substituents is 1.